The molecule has 106 valence electrons. The zero-order chi connectivity index (χ0) is 13.8. The standard InChI is InChI=1S/C15H24N2OS/c1-11(2)7-17(8-13-5-4-6-16-13)15(18)14-10-19-9-12(14)3/h9-11,13,16H,4-8H2,1-3H3. The smallest absolute Gasteiger partial charge is 0.255 e. The van der Waals surface area contributed by atoms with Gasteiger partial charge in [0.2, 0.25) is 0 Å². The molecule has 0 bridgehead atoms. The van der Waals surface area contributed by atoms with Crippen LogP contribution in [0, 0.1) is 12.8 Å². The zero-order valence-electron chi connectivity index (χ0n) is 12.1. The van der Waals surface area contributed by atoms with Crippen molar-refractivity contribution in [1.29, 1.82) is 0 Å². The fourth-order valence-corrected chi connectivity index (χ4v) is 3.43. The van der Waals surface area contributed by atoms with Crippen molar-refractivity contribution in [2.24, 2.45) is 5.92 Å². The Labute approximate surface area is 120 Å². The Morgan fingerprint density at radius 1 is 1.53 bits per heavy atom. The predicted molar refractivity (Wildman–Crippen MR) is 80.8 cm³/mol. The summed E-state index contributed by atoms with van der Waals surface area (Å²) >= 11 is 1.61. The summed E-state index contributed by atoms with van der Waals surface area (Å²) in [6, 6.07) is 0.474. The molecule has 0 saturated carbocycles. The maximum absolute atomic E-state index is 12.7. The Balaban J connectivity index is 2.07. The Morgan fingerprint density at radius 3 is 2.84 bits per heavy atom. The average molecular weight is 280 g/mol. The molecule has 0 aromatic carbocycles. The zero-order valence-corrected chi connectivity index (χ0v) is 12.9. The molecule has 4 heteroatoms. The SMILES string of the molecule is Cc1cscc1C(=O)N(CC(C)C)CC1CCCN1. The highest BCUT2D eigenvalue weighted by molar-refractivity contribution is 7.08. The number of thiophene rings is 1. The van der Waals surface area contributed by atoms with Crippen molar-refractivity contribution >= 4 is 17.2 Å². The van der Waals surface area contributed by atoms with Crippen molar-refractivity contribution < 1.29 is 4.79 Å². The highest BCUT2D eigenvalue weighted by Crippen LogP contribution is 2.18. The Hall–Kier alpha value is -0.870. The molecule has 1 atom stereocenters. The fourth-order valence-electron chi connectivity index (χ4n) is 2.61. The molecule has 1 N–H and O–H groups in total. The molecule has 1 aromatic rings. The van der Waals surface area contributed by atoms with Crippen molar-refractivity contribution in [3.63, 3.8) is 0 Å². The van der Waals surface area contributed by atoms with E-state index in [1.54, 1.807) is 11.3 Å². The summed E-state index contributed by atoms with van der Waals surface area (Å²) in [5, 5.41) is 7.51. The molecule has 1 saturated heterocycles. The normalized spacial score (nSPS) is 19.1. The number of carbonyl (C=O) groups is 1. The van der Waals surface area contributed by atoms with E-state index in [-0.39, 0.29) is 5.91 Å². The first-order valence-corrected chi connectivity index (χ1v) is 8.07. The number of hydrogen-bond donors (Lipinski definition) is 1. The summed E-state index contributed by atoms with van der Waals surface area (Å²) in [5.74, 6) is 0.699. The summed E-state index contributed by atoms with van der Waals surface area (Å²) in [6.45, 7) is 9.13. The molecule has 0 aliphatic carbocycles. The van der Waals surface area contributed by atoms with Crippen LogP contribution in [-0.4, -0.2) is 36.5 Å². The second-order valence-electron chi connectivity index (χ2n) is 5.87. The number of amides is 1. The molecule has 3 nitrogen and oxygen atoms in total. The van der Waals surface area contributed by atoms with Gasteiger partial charge in [0.15, 0.2) is 0 Å². The van der Waals surface area contributed by atoms with Crippen LogP contribution in [0.4, 0.5) is 0 Å². The van der Waals surface area contributed by atoms with Crippen LogP contribution in [0.3, 0.4) is 0 Å². The summed E-state index contributed by atoms with van der Waals surface area (Å²) < 4.78 is 0. The lowest BCUT2D eigenvalue weighted by Gasteiger charge is -2.27. The van der Waals surface area contributed by atoms with Gasteiger partial charge in [0, 0.05) is 24.5 Å². The van der Waals surface area contributed by atoms with E-state index in [0.717, 1.165) is 30.8 Å². The molecule has 1 aromatic heterocycles. The van der Waals surface area contributed by atoms with E-state index < -0.39 is 0 Å². The highest BCUT2D eigenvalue weighted by atomic mass is 32.1. The van der Waals surface area contributed by atoms with Crippen molar-refractivity contribution in [3.8, 4) is 0 Å². The van der Waals surface area contributed by atoms with Gasteiger partial charge in [0.25, 0.3) is 5.91 Å². The second kappa shape index (κ2) is 6.53. The molecule has 1 fully saturated rings. The van der Waals surface area contributed by atoms with E-state index >= 15 is 0 Å². The van der Waals surface area contributed by atoms with E-state index in [4.69, 9.17) is 0 Å². The van der Waals surface area contributed by atoms with Crippen LogP contribution in [-0.2, 0) is 0 Å². The maximum atomic E-state index is 12.7. The number of nitrogens with zero attached hydrogens (tertiary/aromatic N) is 1. The molecular formula is C15H24N2OS. The minimum Gasteiger partial charge on any atom is -0.337 e. The average Bonchev–Trinajstić information content (AvgIpc) is 2.98. The molecule has 2 rings (SSSR count). The summed E-state index contributed by atoms with van der Waals surface area (Å²) in [7, 11) is 0. The minimum absolute atomic E-state index is 0.196. The number of rotatable bonds is 5. The number of carbonyl (C=O) groups excluding carboxylic acids is 1. The molecule has 1 aliphatic heterocycles. The highest BCUT2D eigenvalue weighted by Gasteiger charge is 2.24. The quantitative estimate of drug-likeness (QED) is 0.899. The first-order chi connectivity index (χ1) is 9.08. The molecule has 0 spiro atoms. The van der Waals surface area contributed by atoms with Crippen LogP contribution in [0.2, 0.25) is 0 Å². The third kappa shape index (κ3) is 3.80. The molecule has 19 heavy (non-hydrogen) atoms. The van der Waals surface area contributed by atoms with E-state index in [1.165, 1.54) is 12.8 Å². The van der Waals surface area contributed by atoms with Gasteiger partial charge in [-0.15, -0.1) is 0 Å². The third-order valence-corrected chi connectivity index (χ3v) is 4.42. The Kier molecular flexibility index (Phi) is 4.99. The summed E-state index contributed by atoms with van der Waals surface area (Å²) in [4.78, 5) is 14.7. The number of nitrogens with one attached hydrogen (secondary N) is 1. The lowest BCUT2D eigenvalue weighted by molar-refractivity contribution is 0.0721. The van der Waals surface area contributed by atoms with Crippen LogP contribution in [0.1, 0.15) is 42.6 Å². The molecule has 0 radical (unpaired) electrons. The van der Waals surface area contributed by atoms with Gasteiger partial charge in [0.1, 0.15) is 0 Å². The molecule has 1 aliphatic rings. The summed E-state index contributed by atoms with van der Waals surface area (Å²) in [6.07, 6.45) is 2.41. The Bertz CT molecular complexity index is 422. The lowest BCUT2D eigenvalue weighted by atomic mass is 10.1. The number of aryl methyl sites for hydroxylation is 1. The second-order valence-corrected chi connectivity index (χ2v) is 6.61. The maximum Gasteiger partial charge on any atom is 0.255 e. The van der Waals surface area contributed by atoms with Crippen molar-refractivity contribution in [2.45, 2.75) is 39.7 Å². The molecule has 1 amide bonds. The van der Waals surface area contributed by atoms with E-state index in [2.05, 4.69) is 24.5 Å². The fraction of sp³-hybridized carbons (Fsp3) is 0.667. The van der Waals surface area contributed by atoms with Gasteiger partial charge in [-0.3, -0.25) is 4.79 Å². The van der Waals surface area contributed by atoms with Gasteiger partial charge in [-0.1, -0.05) is 13.8 Å². The monoisotopic (exact) mass is 280 g/mol. The molecule has 1 unspecified atom stereocenters. The van der Waals surface area contributed by atoms with Crippen LogP contribution >= 0.6 is 11.3 Å². The van der Waals surface area contributed by atoms with Crippen molar-refractivity contribution in [1.82, 2.24) is 10.2 Å². The van der Waals surface area contributed by atoms with Crippen molar-refractivity contribution in [3.05, 3.63) is 21.9 Å². The first kappa shape index (κ1) is 14.5. The van der Waals surface area contributed by atoms with Gasteiger partial charge in [-0.05, 0) is 43.2 Å². The summed E-state index contributed by atoms with van der Waals surface area (Å²) in [5.41, 5.74) is 1.98. The van der Waals surface area contributed by atoms with Gasteiger partial charge in [-0.25, -0.2) is 0 Å². The van der Waals surface area contributed by atoms with Gasteiger partial charge >= 0.3 is 0 Å². The predicted octanol–water partition coefficient (Wildman–Crippen LogP) is 2.91. The topological polar surface area (TPSA) is 32.3 Å². The minimum atomic E-state index is 0.196. The van der Waals surface area contributed by atoms with Crippen LogP contribution in [0.25, 0.3) is 0 Å². The van der Waals surface area contributed by atoms with Gasteiger partial charge in [0.05, 0.1) is 5.56 Å². The lowest BCUT2D eigenvalue weighted by Crippen LogP contribution is -2.42. The van der Waals surface area contributed by atoms with Crippen LogP contribution in [0.15, 0.2) is 10.8 Å². The van der Waals surface area contributed by atoms with Gasteiger partial charge < -0.3 is 10.2 Å². The number of hydrogen-bond acceptors (Lipinski definition) is 3. The van der Waals surface area contributed by atoms with E-state index in [0.29, 0.717) is 12.0 Å². The first-order valence-electron chi connectivity index (χ1n) is 7.13. The van der Waals surface area contributed by atoms with Crippen LogP contribution < -0.4 is 5.32 Å². The van der Waals surface area contributed by atoms with Crippen LogP contribution in [0.5, 0.6) is 0 Å². The van der Waals surface area contributed by atoms with E-state index in [9.17, 15) is 4.79 Å². The van der Waals surface area contributed by atoms with Gasteiger partial charge in [-0.2, -0.15) is 11.3 Å². The Morgan fingerprint density at radius 2 is 2.32 bits per heavy atom. The molecule has 2 heterocycles. The van der Waals surface area contributed by atoms with E-state index in [1.807, 2.05) is 17.2 Å². The third-order valence-electron chi connectivity index (χ3n) is 3.56. The molecular weight excluding hydrogens is 256 g/mol. The van der Waals surface area contributed by atoms with Crippen molar-refractivity contribution in [2.75, 3.05) is 19.6 Å². The largest absolute Gasteiger partial charge is 0.337 e.